The second kappa shape index (κ2) is 14.5. The molecule has 10 rings (SSSR count). The number of rotatable bonds is 7. The van der Waals surface area contributed by atoms with Crippen LogP contribution in [0.2, 0.25) is 0 Å². The Morgan fingerprint density at radius 1 is 0.898 bits per heavy atom. The van der Waals surface area contributed by atoms with E-state index in [2.05, 4.69) is 15.2 Å². The first-order valence-electron chi connectivity index (χ1n) is 20.6. The number of fused-ring (bicyclic) bond motifs is 5. The molecule has 3 fully saturated rings. The first-order chi connectivity index (χ1) is 28.4. The van der Waals surface area contributed by atoms with Crippen molar-refractivity contribution < 1.29 is 36.7 Å². The van der Waals surface area contributed by atoms with Crippen LogP contribution in [-0.2, 0) is 40.4 Å². The molecule has 3 atom stereocenters. The van der Waals surface area contributed by atoms with Crippen LogP contribution in [-0.4, -0.2) is 105 Å². The van der Waals surface area contributed by atoms with Crippen molar-refractivity contribution in [3.8, 4) is 0 Å². The topological polar surface area (TPSA) is 112 Å². The lowest BCUT2D eigenvalue weighted by Crippen LogP contribution is -2.59. The molecule has 59 heavy (non-hydrogen) atoms. The lowest BCUT2D eigenvalue weighted by molar-refractivity contribution is -0.143. The van der Waals surface area contributed by atoms with Crippen LogP contribution in [0.25, 0.3) is 10.9 Å². The zero-order valence-electron chi connectivity index (χ0n) is 32.7. The zero-order chi connectivity index (χ0) is 40.9. The van der Waals surface area contributed by atoms with Gasteiger partial charge in [-0.1, -0.05) is 24.3 Å². The Kier molecular flexibility index (Phi) is 9.31. The van der Waals surface area contributed by atoms with Crippen LogP contribution in [0.3, 0.4) is 0 Å². The number of carbonyl (C=O) groups is 4. The van der Waals surface area contributed by atoms with Gasteiger partial charge in [-0.25, -0.2) is 17.6 Å². The number of aromatic amines is 1. The number of aromatic nitrogens is 1. The van der Waals surface area contributed by atoms with Crippen molar-refractivity contribution in [2.75, 3.05) is 37.6 Å². The van der Waals surface area contributed by atoms with Gasteiger partial charge in [0.25, 0.3) is 12.3 Å². The van der Waals surface area contributed by atoms with Crippen molar-refractivity contribution in [1.82, 2.24) is 29.9 Å². The van der Waals surface area contributed by atoms with Crippen LogP contribution >= 0.6 is 0 Å². The Bertz CT molecular complexity index is 2380. The number of alkyl halides is 2. The maximum atomic E-state index is 16.2. The number of likely N-dealkylation sites (tertiary alicyclic amines) is 1. The Morgan fingerprint density at radius 2 is 1.61 bits per heavy atom. The Balaban J connectivity index is 0.760. The number of amides is 4. The molecule has 0 bridgehead atoms. The third-order valence-electron chi connectivity index (χ3n) is 13.7. The summed E-state index contributed by atoms with van der Waals surface area (Å²) in [5, 5.41) is 3.26. The highest BCUT2D eigenvalue weighted by Crippen LogP contribution is 2.44. The second-order valence-electron chi connectivity index (χ2n) is 17.2. The number of piperidine rings is 2. The first-order valence-corrected chi connectivity index (χ1v) is 20.6. The van der Waals surface area contributed by atoms with E-state index in [9.17, 15) is 28.0 Å². The Hall–Kier alpha value is -5.28. The fraction of sp³-hybridized carbons (Fsp3) is 0.455. The highest BCUT2D eigenvalue weighted by atomic mass is 19.3. The maximum Gasteiger partial charge on any atom is 0.255 e. The van der Waals surface area contributed by atoms with E-state index in [0.717, 1.165) is 46.0 Å². The van der Waals surface area contributed by atoms with Gasteiger partial charge < -0.3 is 19.7 Å². The van der Waals surface area contributed by atoms with Crippen molar-refractivity contribution in [3.63, 3.8) is 0 Å². The minimum Gasteiger partial charge on any atom is -0.371 e. The molecular formula is C44H45F4N7O4. The van der Waals surface area contributed by atoms with E-state index in [1.54, 1.807) is 0 Å². The molecule has 3 saturated heterocycles. The van der Waals surface area contributed by atoms with Gasteiger partial charge in [0.15, 0.2) is 0 Å². The van der Waals surface area contributed by atoms with Gasteiger partial charge in [-0.05, 0) is 79.1 Å². The van der Waals surface area contributed by atoms with E-state index in [4.69, 9.17) is 0 Å². The number of carbonyl (C=O) groups excluding carboxylic acids is 4. The number of nitrogens with one attached hydrogen (secondary N) is 2. The van der Waals surface area contributed by atoms with Crippen molar-refractivity contribution in [2.24, 2.45) is 5.92 Å². The van der Waals surface area contributed by atoms with Crippen molar-refractivity contribution in [3.05, 3.63) is 99.2 Å². The van der Waals surface area contributed by atoms with Gasteiger partial charge in [0.1, 0.15) is 17.7 Å². The normalized spacial score (nSPS) is 24.2. The molecule has 4 aromatic rings. The number of H-pyrrole nitrogens is 1. The van der Waals surface area contributed by atoms with Crippen molar-refractivity contribution >= 4 is 40.2 Å². The summed E-state index contributed by atoms with van der Waals surface area (Å²) in [4.78, 5) is 63.5. The quantitative estimate of drug-likeness (QED) is 0.194. The summed E-state index contributed by atoms with van der Waals surface area (Å²) >= 11 is 0. The number of halogens is 4. The van der Waals surface area contributed by atoms with Crippen LogP contribution in [0.5, 0.6) is 0 Å². The summed E-state index contributed by atoms with van der Waals surface area (Å²) in [6.07, 6.45) is -0.165. The SMILES string of the molecule is C[C@@H]1Cc2c([nH]c3ccccc23)[C@@H](c2c(F)cc(N3CCC(N4CC(C(=O)N5Cc6cc7c(cc6C5)C(=O)N(C5CCC(=O)NC5=O)C7)C4)CC3)cc2F)N1CC(F)F. The number of imide groups is 1. The first kappa shape index (κ1) is 38.0. The summed E-state index contributed by atoms with van der Waals surface area (Å²) in [7, 11) is 0. The number of para-hydroxylation sites is 1. The lowest BCUT2D eigenvalue weighted by Gasteiger charge is -2.47. The molecule has 0 radical (unpaired) electrons. The molecule has 0 saturated carbocycles. The molecule has 11 nitrogen and oxygen atoms in total. The second-order valence-corrected chi connectivity index (χ2v) is 17.2. The number of benzene rings is 3. The molecule has 15 heteroatoms. The maximum absolute atomic E-state index is 16.2. The van der Waals surface area contributed by atoms with Crippen LogP contribution in [0.4, 0.5) is 23.2 Å². The summed E-state index contributed by atoms with van der Waals surface area (Å²) in [6, 6.07) is 12.3. The summed E-state index contributed by atoms with van der Waals surface area (Å²) < 4.78 is 60.3. The van der Waals surface area contributed by atoms with Gasteiger partial charge >= 0.3 is 0 Å². The summed E-state index contributed by atoms with van der Waals surface area (Å²) in [5.41, 5.74) is 5.76. The predicted octanol–water partition coefficient (Wildman–Crippen LogP) is 5.25. The average Bonchev–Trinajstić information content (AvgIpc) is 3.87. The van der Waals surface area contributed by atoms with Gasteiger partial charge in [-0.2, -0.15) is 0 Å². The molecule has 3 aromatic carbocycles. The molecule has 1 aromatic heterocycles. The average molecular weight is 812 g/mol. The van der Waals surface area contributed by atoms with Crippen LogP contribution in [0, 0.1) is 17.6 Å². The van der Waals surface area contributed by atoms with E-state index < -0.39 is 42.6 Å². The smallest absolute Gasteiger partial charge is 0.255 e. The van der Waals surface area contributed by atoms with Gasteiger partial charge in [0.2, 0.25) is 17.7 Å². The fourth-order valence-corrected chi connectivity index (χ4v) is 10.6. The van der Waals surface area contributed by atoms with E-state index >= 15 is 8.78 Å². The van der Waals surface area contributed by atoms with Gasteiger partial charge in [0.05, 0.1) is 18.5 Å². The van der Waals surface area contributed by atoms with E-state index in [0.29, 0.717) is 75.6 Å². The number of anilines is 1. The highest BCUT2D eigenvalue weighted by Gasteiger charge is 2.44. The Morgan fingerprint density at radius 3 is 2.32 bits per heavy atom. The monoisotopic (exact) mass is 811 g/mol. The molecule has 2 N–H and O–H groups in total. The zero-order valence-corrected chi connectivity index (χ0v) is 32.7. The highest BCUT2D eigenvalue weighted by molar-refractivity contribution is 6.05. The van der Waals surface area contributed by atoms with E-state index in [1.165, 1.54) is 21.9 Å². The molecule has 0 spiro atoms. The summed E-state index contributed by atoms with van der Waals surface area (Å²) in [6.45, 7) is 4.81. The minimum absolute atomic E-state index is 0.0802. The molecule has 6 aliphatic heterocycles. The van der Waals surface area contributed by atoms with E-state index in [1.807, 2.05) is 53.1 Å². The molecule has 4 amide bonds. The third kappa shape index (κ3) is 6.48. The predicted molar refractivity (Wildman–Crippen MR) is 209 cm³/mol. The molecular weight excluding hydrogens is 767 g/mol. The standard InChI is InChI=1S/C44H45F4N7O4/c1-23-12-32-30-4-2-3-5-35(30)49-40(32)41(54(23)22-37(47)48)39-33(45)15-29(16-34(39)46)51-10-8-28(9-11-51)52-19-27(20-52)43(58)53-17-24-13-26-21-55(36-6-7-38(56)50-42(36)57)44(59)31(26)14-25(24)18-53/h2-5,13-16,23,27-28,36-37,41,49H,6-12,17-22H2,1H3,(H,50,56,57)/t23-,36?,41-/m1/s1. The van der Waals surface area contributed by atoms with E-state index in [-0.39, 0.29) is 47.7 Å². The largest absolute Gasteiger partial charge is 0.371 e. The number of hydrogen-bond acceptors (Lipinski definition) is 7. The van der Waals surface area contributed by atoms with Crippen LogP contribution in [0.15, 0.2) is 48.5 Å². The van der Waals surface area contributed by atoms with Gasteiger partial charge in [-0.15, -0.1) is 0 Å². The Labute approximate surface area is 338 Å². The number of hydrogen-bond donors (Lipinski definition) is 2. The summed E-state index contributed by atoms with van der Waals surface area (Å²) in [5.74, 6) is -2.58. The van der Waals surface area contributed by atoms with Gasteiger partial charge in [-0.3, -0.25) is 34.3 Å². The fourth-order valence-electron chi connectivity index (χ4n) is 10.6. The molecule has 1 unspecified atom stereocenters. The minimum atomic E-state index is -2.67. The number of nitrogens with zero attached hydrogens (tertiary/aromatic N) is 5. The molecule has 6 aliphatic rings. The van der Waals surface area contributed by atoms with Gasteiger partial charge in [0, 0.05) is 97.7 Å². The third-order valence-corrected chi connectivity index (χ3v) is 13.7. The van der Waals surface area contributed by atoms with Crippen LogP contribution in [0.1, 0.15) is 82.5 Å². The molecule has 308 valence electrons. The van der Waals surface area contributed by atoms with Crippen LogP contribution < -0.4 is 10.2 Å². The van der Waals surface area contributed by atoms with Crippen molar-refractivity contribution in [1.29, 1.82) is 0 Å². The lowest BCUT2D eigenvalue weighted by atomic mass is 9.88. The molecule has 0 aliphatic carbocycles. The molecule has 7 heterocycles. The van der Waals surface area contributed by atoms with Crippen molar-refractivity contribution in [2.45, 2.75) is 89.3 Å².